The summed E-state index contributed by atoms with van der Waals surface area (Å²) in [7, 11) is 0. The maximum Gasteiger partial charge on any atom is 0.0277 e. The zero-order valence-corrected chi connectivity index (χ0v) is 11.0. The van der Waals surface area contributed by atoms with Crippen molar-refractivity contribution in [2.45, 2.75) is 53.4 Å². The van der Waals surface area contributed by atoms with Gasteiger partial charge in [-0.15, -0.1) is 0 Å². The standard InChI is InChI=1S/C16H22/c1-5-6-7-8-9-10-16-12-14(3)13(2)11-15(16)4/h11-12H,5-8H2,1-4H3. The number of unbranched alkanes of at least 4 members (excludes halogenated alkanes) is 3. The number of hydrogen-bond acceptors (Lipinski definition) is 0. The van der Waals surface area contributed by atoms with E-state index in [4.69, 9.17) is 0 Å². The maximum absolute atomic E-state index is 3.29. The molecule has 1 aromatic rings. The average Bonchev–Trinajstić information content (AvgIpc) is 2.25. The molecule has 0 amide bonds. The molecule has 0 nitrogen and oxygen atoms in total. The molecule has 0 bridgehead atoms. The number of rotatable bonds is 3. The second-order valence-corrected chi connectivity index (χ2v) is 4.51. The third-order valence-electron chi connectivity index (χ3n) is 2.97. The molecule has 0 spiro atoms. The van der Waals surface area contributed by atoms with Crippen LogP contribution in [0.25, 0.3) is 0 Å². The van der Waals surface area contributed by atoms with E-state index in [0.29, 0.717) is 0 Å². The molecule has 1 aromatic carbocycles. The van der Waals surface area contributed by atoms with Gasteiger partial charge in [-0.05, 0) is 49.9 Å². The highest BCUT2D eigenvalue weighted by atomic mass is 14.0. The van der Waals surface area contributed by atoms with Crippen molar-refractivity contribution in [3.05, 3.63) is 34.4 Å². The van der Waals surface area contributed by atoms with Crippen LogP contribution in [0.1, 0.15) is 54.9 Å². The second kappa shape index (κ2) is 6.38. The van der Waals surface area contributed by atoms with E-state index >= 15 is 0 Å². The van der Waals surface area contributed by atoms with E-state index in [0.717, 1.165) is 6.42 Å². The van der Waals surface area contributed by atoms with E-state index in [1.165, 1.54) is 41.5 Å². The van der Waals surface area contributed by atoms with Gasteiger partial charge in [-0.2, -0.15) is 0 Å². The Bertz CT molecular complexity index is 402. The lowest BCUT2D eigenvalue weighted by atomic mass is 10.0. The summed E-state index contributed by atoms with van der Waals surface area (Å²) >= 11 is 0. The molecule has 0 unspecified atom stereocenters. The summed E-state index contributed by atoms with van der Waals surface area (Å²) in [5.74, 6) is 6.56. The van der Waals surface area contributed by atoms with Crippen molar-refractivity contribution < 1.29 is 0 Å². The van der Waals surface area contributed by atoms with E-state index in [2.05, 4.69) is 51.7 Å². The fourth-order valence-electron chi connectivity index (χ4n) is 1.72. The molecule has 0 N–H and O–H groups in total. The van der Waals surface area contributed by atoms with E-state index in [1.807, 2.05) is 0 Å². The summed E-state index contributed by atoms with van der Waals surface area (Å²) in [6, 6.07) is 4.43. The summed E-state index contributed by atoms with van der Waals surface area (Å²) in [5, 5.41) is 0. The summed E-state index contributed by atoms with van der Waals surface area (Å²) in [6.45, 7) is 8.67. The Morgan fingerprint density at radius 1 is 0.938 bits per heavy atom. The Morgan fingerprint density at radius 3 is 2.31 bits per heavy atom. The van der Waals surface area contributed by atoms with Crippen LogP contribution in [0, 0.1) is 32.6 Å². The predicted molar refractivity (Wildman–Crippen MR) is 71.7 cm³/mol. The van der Waals surface area contributed by atoms with Crippen molar-refractivity contribution in [3.8, 4) is 11.8 Å². The molecule has 0 heterocycles. The van der Waals surface area contributed by atoms with Crippen LogP contribution in [0.2, 0.25) is 0 Å². The van der Waals surface area contributed by atoms with Gasteiger partial charge in [0.25, 0.3) is 0 Å². The molecule has 16 heavy (non-hydrogen) atoms. The third-order valence-corrected chi connectivity index (χ3v) is 2.97. The molecular formula is C16H22. The van der Waals surface area contributed by atoms with Crippen molar-refractivity contribution in [1.29, 1.82) is 0 Å². The van der Waals surface area contributed by atoms with Gasteiger partial charge in [0.1, 0.15) is 0 Å². The summed E-state index contributed by atoms with van der Waals surface area (Å²) < 4.78 is 0. The SMILES string of the molecule is CCCCCC#Cc1cc(C)c(C)cc1C. The van der Waals surface area contributed by atoms with Crippen molar-refractivity contribution in [1.82, 2.24) is 0 Å². The summed E-state index contributed by atoms with van der Waals surface area (Å²) in [4.78, 5) is 0. The van der Waals surface area contributed by atoms with Gasteiger partial charge in [0.2, 0.25) is 0 Å². The molecule has 0 aromatic heterocycles. The minimum absolute atomic E-state index is 1.03. The Balaban J connectivity index is 2.69. The molecule has 0 aliphatic heterocycles. The maximum atomic E-state index is 3.29. The van der Waals surface area contributed by atoms with Crippen LogP contribution in [-0.2, 0) is 0 Å². The lowest BCUT2D eigenvalue weighted by Gasteiger charge is -2.04. The van der Waals surface area contributed by atoms with Crippen LogP contribution in [0.4, 0.5) is 0 Å². The quantitative estimate of drug-likeness (QED) is 0.512. The average molecular weight is 214 g/mol. The van der Waals surface area contributed by atoms with Gasteiger partial charge < -0.3 is 0 Å². The van der Waals surface area contributed by atoms with Gasteiger partial charge in [0.15, 0.2) is 0 Å². The van der Waals surface area contributed by atoms with Crippen molar-refractivity contribution in [2.75, 3.05) is 0 Å². The number of hydrogen-bond donors (Lipinski definition) is 0. The summed E-state index contributed by atoms with van der Waals surface area (Å²) in [6.07, 6.45) is 4.82. The van der Waals surface area contributed by atoms with Gasteiger partial charge in [0.05, 0.1) is 0 Å². The largest absolute Gasteiger partial charge is 0.0979 e. The van der Waals surface area contributed by atoms with E-state index in [-0.39, 0.29) is 0 Å². The Kier molecular flexibility index (Phi) is 5.12. The molecule has 86 valence electrons. The first-order valence-corrected chi connectivity index (χ1v) is 6.22. The second-order valence-electron chi connectivity index (χ2n) is 4.51. The molecule has 0 heteroatoms. The fourth-order valence-corrected chi connectivity index (χ4v) is 1.72. The van der Waals surface area contributed by atoms with E-state index in [1.54, 1.807) is 0 Å². The van der Waals surface area contributed by atoms with Crippen LogP contribution in [0.3, 0.4) is 0 Å². The molecule has 0 fully saturated rings. The molecular weight excluding hydrogens is 192 g/mol. The first-order valence-electron chi connectivity index (χ1n) is 6.22. The zero-order chi connectivity index (χ0) is 12.0. The van der Waals surface area contributed by atoms with Gasteiger partial charge >= 0.3 is 0 Å². The smallest absolute Gasteiger partial charge is 0.0277 e. The van der Waals surface area contributed by atoms with Crippen LogP contribution >= 0.6 is 0 Å². The number of benzene rings is 1. The fraction of sp³-hybridized carbons (Fsp3) is 0.500. The van der Waals surface area contributed by atoms with Crippen molar-refractivity contribution in [3.63, 3.8) is 0 Å². The van der Waals surface area contributed by atoms with E-state index in [9.17, 15) is 0 Å². The van der Waals surface area contributed by atoms with Gasteiger partial charge in [0, 0.05) is 12.0 Å². The van der Waals surface area contributed by atoms with Crippen LogP contribution in [0.15, 0.2) is 12.1 Å². The van der Waals surface area contributed by atoms with Gasteiger partial charge in [-0.25, -0.2) is 0 Å². The Hall–Kier alpha value is -1.22. The third kappa shape index (κ3) is 3.74. The van der Waals surface area contributed by atoms with Gasteiger partial charge in [-0.1, -0.05) is 37.7 Å². The number of aryl methyl sites for hydroxylation is 3. The minimum Gasteiger partial charge on any atom is -0.0979 e. The molecule has 0 aliphatic rings. The minimum atomic E-state index is 1.03. The van der Waals surface area contributed by atoms with Crippen LogP contribution in [0.5, 0.6) is 0 Å². The highest BCUT2D eigenvalue weighted by molar-refractivity contribution is 5.45. The topological polar surface area (TPSA) is 0 Å². The van der Waals surface area contributed by atoms with E-state index < -0.39 is 0 Å². The molecule has 0 saturated heterocycles. The molecule has 1 rings (SSSR count). The van der Waals surface area contributed by atoms with Crippen LogP contribution < -0.4 is 0 Å². The Labute approximate surface area is 100 Å². The Morgan fingerprint density at radius 2 is 1.62 bits per heavy atom. The van der Waals surface area contributed by atoms with Crippen LogP contribution in [-0.4, -0.2) is 0 Å². The molecule has 0 atom stereocenters. The van der Waals surface area contributed by atoms with Crippen molar-refractivity contribution in [2.24, 2.45) is 0 Å². The van der Waals surface area contributed by atoms with Crippen molar-refractivity contribution >= 4 is 0 Å². The molecule has 0 saturated carbocycles. The monoisotopic (exact) mass is 214 g/mol. The predicted octanol–water partition coefficient (Wildman–Crippen LogP) is 4.54. The molecule has 0 radical (unpaired) electrons. The first kappa shape index (κ1) is 12.8. The lowest BCUT2D eigenvalue weighted by Crippen LogP contribution is -1.88. The highest BCUT2D eigenvalue weighted by Crippen LogP contribution is 2.14. The normalized spacial score (nSPS) is 9.75. The first-order chi connectivity index (χ1) is 7.65. The molecule has 0 aliphatic carbocycles. The zero-order valence-electron chi connectivity index (χ0n) is 11.0. The lowest BCUT2D eigenvalue weighted by molar-refractivity contribution is 0.737. The summed E-state index contributed by atoms with van der Waals surface area (Å²) in [5.41, 5.74) is 5.18. The van der Waals surface area contributed by atoms with Gasteiger partial charge in [-0.3, -0.25) is 0 Å². The highest BCUT2D eigenvalue weighted by Gasteiger charge is 1.98.